The molecule has 1 aliphatic rings. The number of carbonyl (C=O) groups excluding carboxylic acids is 1. The third kappa shape index (κ3) is 7.72. The zero-order valence-corrected chi connectivity index (χ0v) is 18.4. The molecule has 3 rings (SSSR count). The molecule has 1 saturated heterocycles. The molecule has 3 N–H and O–H groups in total. The molecule has 0 aliphatic carbocycles. The molecule has 166 valence electrons. The van der Waals surface area contributed by atoms with Crippen LogP contribution in [0.25, 0.3) is 0 Å². The van der Waals surface area contributed by atoms with Gasteiger partial charge in [-0.25, -0.2) is 4.99 Å². The van der Waals surface area contributed by atoms with E-state index < -0.39 is 0 Å². The Balaban J connectivity index is 1.52. The summed E-state index contributed by atoms with van der Waals surface area (Å²) in [5.74, 6) is 0.999. The number of ether oxygens (including phenoxy) is 1. The maximum atomic E-state index is 11.3. The van der Waals surface area contributed by atoms with Crippen LogP contribution in [0.15, 0.2) is 59.6 Å². The molecule has 31 heavy (non-hydrogen) atoms. The molecule has 2 aromatic rings. The number of hydrogen-bond acceptors (Lipinski definition) is 3. The van der Waals surface area contributed by atoms with Crippen LogP contribution in [0.3, 0.4) is 0 Å². The molecule has 0 bridgehead atoms. The number of carbonyl (C=O) groups is 1. The van der Waals surface area contributed by atoms with E-state index in [0.29, 0.717) is 32.1 Å². The van der Waals surface area contributed by atoms with E-state index in [2.05, 4.69) is 53.5 Å². The van der Waals surface area contributed by atoms with E-state index in [1.54, 1.807) is 0 Å². The first-order valence-corrected chi connectivity index (χ1v) is 11.1. The van der Waals surface area contributed by atoms with Gasteiger partial charge in [0.2, 0.25) is 5.91 Å². The SMILES string of the molecule is CCNC(=NCc1ccc(COCc2ccccc2)cc1)N1CCCC(CC(N)=O)C1. The summed E-state index contributed by atoms with van der Waals surface area (Å²) in [6, 6.07) is 18.6. The van der Waals surface area contributed by atoms with Crippen LogP contribution >= 0.6 is 0 Å². The molecule has 1 atom stereocenters. The van der Waals surface area contributed by atoms with Crippen LogP contribution in [-0.2, 0) is 29.3 Å². The zero-order chi connectivity index (χ0) is 21.9. The summed E-state index contributed by atoms with van der Waals surface area (Å²) in [6.07, 6.45) is 2.55. The third-order valence-electron chi connectivity index (χ3n) is 5.46. The van der Waals surface area contributed by atoms with E-state index in [1.807, 2.05) is 18.2 Å². The Morgan fingerprint density at radius 1 is 1.10 bits per heavy atom. The highest BCUT2D eigenvalue weighted by Crippen LogP contribution is 2.19. The Hall–Kier alpha value is -2.86. The van der Waals surface area contributed by atoms with Crippen molar-refractivity contribution in [1.29, 1.82) is 0 Å². The second kappa shape index (κ2) is 12.1. The number of likely N-dealkylation sites (tertiary alicyclic amines) is 1. The lowest BCUT2D eigenvalue weighted by Crippen LogP contribution is -2.47. The van der Waals surface area contributed by atoms with E-state index in [9.17, 15) is 4.79 Å². The van der Waals surface area contributed by atoms with Gasteiger partial charge in [-0.1, -0.05) is 54.6 Å². The molecular formula is C25H34N4O2. The molecule has 0 aromatic heterocycles. The van der Waals surface area contributed by atoms with Gasteiger partial charge in [-0.05, 0) is 42.4 Å². The lowest BCUT2D eigenvalue weighted by atomic mass is 9.95. The van der Waals surface area contributed by atoms with Crippen molar-refractivity contribution >= 4 is 11.9 Å². The van der Waals surface area contributed by atoms with Crippen LogP contribution in [0.1, 0.15) is 42.9 Å². The van der Waals surface area contributed by atoms with Gasteiger partial charge < -0.3 is 20.7 Å². The van der Waals surface area contributed by atoms with Gasteiger partial charge in [0.25, 0.3) is 0 Å². The second-order valence-electron chi connectivity index (χ2n) is 8.09. The standard InChI is InChI=1S/C25H34N4O2/c1-2-27-25(29-14-6-9-23(17-29)15-24(26)30)28-16-20-10-12-22(13-11-20)19-31-18-21-7-4-3-5-8-21/h3-5,7-8,10-13,23H,2,6,9,14-19H2,1H3,(H2,26,30)(H,27,28). The molecule has 1 heterocycles. The van der Waals surface area contributed by atoms with Crippen molar-refractivity contribution in [2.45, 2.75) is 45.9 Å². The number of nitrogens with two attached hydrogens (primary N) is 1. The van der Waals surface area contributed by atoms with Gasteiger partial charge in [-0.2, -0.15) is 0 Å². The summed E-state index contributed by atoms with van der Waals surface area (Å²) < 4.78 is 5.82. The largest absolute Gasteiger partial charge is 0.372 e. The Labute approximate surface area is 185 Å². The van der Waals surface area contributed by atoms with E-state index in [4.69, 9.17) is 15.5 Å². The fraction of sp³-hybridized carbons (Fsp3) is 0.440. The van der Waals surface area contributed by atoms with Gasteiger partial charge in [0.1, 0.15) is 0 Å². The number of hydrogen-bond donors (Lipinski definition) is 2. The molecule has 2 aromatic carbocycles. The molecular weight excluding hydrogens is 388 g/mol. The maximum Gasteiger partial charge on any atom is 0.217 e. The van der Waals surface area contributed by atoms with Crippen LogP contribution in [-0.4, -0.2) is 36.4 Å². The molecule has 0 radical (unpaired) electrons. The summed E-state index contributed by atoms with van der Waals surface area (Å²) in [6.45, 7) is 6.50. The number of aliphatic imine (C=N–C) groups is 1. The van der Waals surface area contributed by atoms with Gasteiger partial charge in [-0.15, -0.1) is 0 Å². The number of primary amides is 1. The van der Waals surface area contributed by atoms with Crippen LogP contribution < -0.4 is 11.1 Å². The van der Waals surface area contributed by atoms with Crippen LogP contribution in [0, 0.1) is 5.92 Å². The van der Waals surface area contributed by atoms with Crippen molar-refractivity contribution < 1.29 is 9.53 Å². The Bertz CT molecular complexity index is 836. The van der Waals surface area contributed by atoms with Crippen molar-refractivity contribution in [3.8, 4) is 0 Å². The first kappa shape index (κ1) is 22.8. The average molecular weight is 423 g/mol. The minimum atomic E-state index is -0.221. The van der Waals surface area contributed by atoms with E-state index in [-0.39, 0.29) is 5.91 Å². The predicted octanol–water partition coefficient (Wildman–Crippen LogP) is 3.46. The number of nitrogens with zero attached hydrogens (tertiary/aromatic N) is 2. The topological polar surface area (TPSA) is 80.0 Å². The van der Waals surface area contributed by atoms with Crippen LogP contribution in [0.2, 0.25) is 0 Å². The van der Waals surface area contributed by atoms with Gasteiger partial charge >= 0.3 is 0 Å². The minimum Gasteiger partial charge on any atom is -0.372 e. The first-order chi connectivity index (χ1) is 15.1. The van der Waals surface area contributed by atoms with Crippen LogP contribution in [0.4, 0.5) is 0 Å². The predicted molar refractivity (Wildman–Crippen MR) is 124 cm³/mol. The second-order valence-corrected chi connectivity index (χ2v) is 8.09. The molecule has 0 saturated carbocycles. The summed E-state index contributed by atoms with van der Waals surface area (Å²) in [4.78, 5) is 18.4. The number of nitrogens with one attached hydrogen (secondary N) is 1. The summed E-state index contributed by atoms with van der Waals surface area (Å²) >= 11 is 0. The smallest absolute Gasteiger partial charge is 0.217 e. The lowest BCUT2D eigenvalue weighted by Gasteiger charge is -2.34. The number of amides is 1. The Morgan fingerprint density at radius 3 is 2.45 bits per heavy atom. The van der Waals surface area contributed by atoms with Gasteiger partial charge in [0.05, 0.1) is 19.8 Å². The normalized spacial score (nSPS) is 16.9. The minimum absolute atomic E-state index is 0.221. The van der Waals surface area contributed by atoms with Gasteiger partial charge in [0, 0.05) is 26.1 Å². The van der Waals surface area contributed by atoms with Gasteiger partial charge in [-0.3, -0.25) is 4.79 Å². The summed E-state index contributed by atoms with van der Waals surface area (Å²) in [7, 11) is 0. The van der Waals surface area contributed by atoms with E-state index in [1.165, 1.54) is 5.56 Å². The van der Waals surface area contributed by atoms with Crippen molar-refractivity contribution in [3.63, 3.8) is 0 Å². The highest BCUT2D eigenvalue weighted by atomic mass is 16.5. The monoisotopic (exact) mass is 422 g/mol. The summed E-state index contributed by atoms with van der Waals surface area (Å²) in [5, 5.41) is 3.39. The number of piperidine rings is 1. The van der Waals surface area contributed by atoms with Gasteiger partial charge in [0.15, 0.2) is 5.96 Å². The maximum absolute atomic E-state index is 11.3. The zero-order valence-electron chi connectivity index (χ0n) is 18.4. The van der Waals surface area contributed by atoms with E-state index >= 15 is 0 Å². The highest BCUT2D eigenvalue weighted by molar-refractivity contribution is 5.80. The Kier molecular flexibility index (Phi) is 8.91. The van der Waals surface area contributed by atoms with Crippen LogP contribution in [0.5, 0.6) is 0 Å². The average Bonchev–Trinajstić information content (AvgIpc) is 2.78. The number of guanidine groups is 1. The number of rotatable bonds is 9. The van der Waals surface area contributed by atoms with Crippen molar-refractivity contribution in [3.05, 3.63) is 71.3 Å². The molecule has 0 spiro atoms. The quantitative estimate of drug-likeness (QED) is 0.479. The highest BCUT2D eigenvalue weighted by Gasteiger charge is 2.23. The molecule has 1 aliphatic heterocycles. The Morgan fingerprint density at radius 2 is 1.77 bits per heavy atom. The van der Waals surface area contributed by atoms with Crippen molar-refractivity contribution in [1.82, 2.24) is 10.2 Å². The van der Waals surface area contributed by atoms with E-state index in [0.717, 1.165) is 49.6 Å². The molecule has 6 heteroatoms. The number of benzene rings is 2. The van der Waals surface area contributed by atoms with Crippen molar-refractivity contribution in [2.75, 3.05) is 19.6 Å². The summed E-state index contributed by atoms with van der Waals surface area (Å²) in [5.41, 5.74) is 8.89. The fourth-order valence-electron chi connectivity index (χ4n) is 3.90. The van der Waals surface area contributed by atoms with Crippen molar-refractivity contribution in [2.24, 2.45) is 16.6 Å². The first-order valence-electron chi connectivity index (χ1n) is 11.1. The molecule has 1 unspecified atom stereocenters. The third-order valence-corrected chi connectivity index (χ3v) is 5.46. The lowest BCUT2D eigenvalue weighted by molar-refractivity contribution is -0.119. The molecule has 1 fully saturated rings. The molecule has 6 nitrogen and oxygen atoms in total. The fourth-order valence-corrected chi connectivity index (χ4v) is 3.90. The molecule has 1 amide bonds.